The summed E-state index contributed by atoms with van der Waals surface area (Å²) in [5, 5.41) is 11.8. The smallest absolute Gasteiger partial charge is 0.326 e. The van der Waals surface area contributed by atoms with Gasteiger partial charge in [-0.2, -0.15) is 0 Å². The molecule has 116 valence electrons. The highest BCUT2D eigenvalue weighted by molar-refractivity contribution is 6.06. The number of carbonyl (C=O) groups is 2. The van der Waals surface area contributed by atoms with Crippen molar-refractivity contribution in [2.75, 3.05) is 0 Å². The molecule has 3 N–H and O–H groups in total. The Morgan fingerprint density at radius 1 is 1.27 bits per heavy atom. The first-order chi connectivity index (χ1) is 10.3. The number of aliphatic carboxylic acids is 1. The van der Waals surface area contributed by atoms with Crippen LogP contribution < -0.4 is 10.9 Å². The van der Waals surface area contributed by atoms with Crippen LogP contribution in [0, 0.1) is 11.7 Å². The van der Waals surface area contributed by atoms with E-state index < -0.39 is 29.3 Å². The SMILES string of the molecule is CC(C)[C@@H](NC(=O)c1cc(=O)[nH]c2cc(F)ccc12)C(=O)O. The number of rotatable bonds is 4. The molecule has 0 aliphatic rings. The Bertz CT molecular complexity index is 798. The van der Waals surface area contributed by atoms with Crippen molar-refractivity contribution in [1.29, 1.82) is 0 Å². The Labute approximate surface area is 125 Å². The Kier molecular flexibility index (Phi) is 4.25. The number of carbonyl (C=O) groups excluding carboxylic acids is 1. The van der Waals surface area contributed by atoms with Gasteiger partial charge in [-0.3, -0.25) is 9.59 Å². The van der Waals surface area contributed by atoms with Gasteiger partial charge in [0.05, 0.1) is 11.1 Å². The number of aromatic amines is 1. The van der Waals surface area contributed by atoms with E-state index in [1.54, 1.807) is 13.8 Å². The number of hydrogen-bond acceptors (Lipinski definition) is 3. The summed E-state index contributed by atoms with van der Waals surface area (Å²) in [5.41, 5.74) is -0.389. The van der Waals surface area contributed by atoms with Crippen LogP contribution in [0.25, 0.3) is 10.9 Å². The van der Waals surface area contributed by atoms with Crippen molar-refractivity contribution in [3.8, 4) is 0 Å². The number of carboxylic acid groups (broad SMARTS) is 1. The fourth-order valence-corrected chi connectivity index (χ4v) is 2.15. The van der Waals surface area contributed by atoms with Crippen LogP contribution in [0.1, 0.15) is 24.2 Å². The zero-order valence-corrected chi connectivity index (χ0v) is 12.0. The van der Waals surface area contributed by atoms with Gasteiger partial charge in [-0.05, 0) is 24.1 Å². The van der Waals surface area contributed by atoms with E-state index in [0.29, 0.717) is 5.39 Å². The highest BCUT2D eigenvalue weighted by Crippen LogP contribution is 2.17. The van der Waals surface area contributed by atoms with Crippen LogP contribution in [-0.2, 0) is 4.79 Å². The number of hydrogen-bond donors (Lipinski definition) is 3. The summed E-state index contributed by atoms with van der Waals surface area (Å²) in [6, 6.07) is 3.61. The van der Waals surface area contributed by atoms with Crippen LogP contribution in [0.5, 0.6) is 0 Å². The number of benzene rings is 1. The van der Waals surface area contributed by atoms with E-state index in [9.17, 15) is 18.8 Å². The lowest BCUT2D eigenvalue weighted by molar-refractivity contribution is -0.140. The van der Waals surface area contributed by atoms with Crippen molar-refractivity contribution in [3.63, 3.8) is 0 Å². The van der Waals surface area contributed by atoms with Gasteiger partial charge >= 0.3 is 5.97 Å². The van der Waals surface area contributed by atoms with Gasteiger partial charge in [-0.25, -0.2) is 9.18 Å². The average Bonchev–Trinajstić information content (AvgIpc) is 2.42. The highest BCUT2D eigenvalue weighted by atomic mass is 19.1. The third kappa shape index (κ3) is 3.13. The van der Waals surface area contributed by atoms with Crippen molar-refractivity contribution in [2.24, 2.45) is 5.92 Å². The molecule has 0 aliphatic heterocycles. The van der Waals surface area contributed by atoms with Crippen LogP contribution in [0.2, 0.25) is 0 Å². The molecule has 7 heteroatoms. The summed E-state index contributed by atoms with van der Waals surface area (Å²) in [7, 11) is 0. The van der Waals surface area contributed by atoms with Gasteiger partial charge in [0.2, 0.25) is 5.56 Å². The fourth-order valence-electron chi connectivity index (χ4n) is 2.15. The summed E-state index contributed by atoms with van der Waals surface area (Å²) in [4.78, 5) is 37.5. The molecule has 2 aromatic rings. The third-order valence-electron chi connectivity index (χ3n) is 3.27. The average molecular weight is 306 g/mol. The molecule has 0 aliphatic carbocycles. The summed E-state index contributed by atoms with van der Waals surface area (Å²) >= 11 is 0. The predicted octanol–water partition coefficient (Wildman–Crippen LogP) is 1.51. The molecule has 0 saturated heterocycles. The molecule has 2 rings (SSSR count). The number of carboxylic acids is 1. The minimum Gasteiger partial charge on any atom is -0.480 e. The number of fused-ring (bicyclic) bond motifs is 1. The normalized spacial score (nSPS) is 12.4. The second kappa shape index (κ2) is 5.97. The standard InChI is InChI=1S/C15H15FN2O4/c1-7(2)13(15(21)22)18-14(20)10-6-12(19)17-11-5-8(16)3-4-9(10)11/h3-7,13H,1-2H3,(H,17,19)(H,18,20)(H,21,22)/t13-/m1/s1. The molecule has 22 heavy (non-hydrogen) atoms. The van der Waals surface area contributed by atoms with E-state index in [4.69, 9.17) is 5.11 Å². The predicted molar refractivity (Wildman–Crippen MR) is 78.3 cm³/mol. The lowest BCUT2D eigenvalue weighted by Crippen LogP contribution is -2.44. The van der Waals surface area contributed by atoms with Gasteiger partial charge < -0.3 is 15.4 Å². The molecular weight excluding hydrogens is 291 g/mol. The molecule has 1 atom stereocenters. The number of pyridine rings is 1. The van der Waals surface area contributed by atoms with E-state index in [0.717, 1.165) is 18.2 Å². The first-order valence-corrected chi connectivity index (χ1v) is 6.66. The van der Waals surface area contributed by atoms with Gasteiger partial charge in [0.25, 0.3) is 5.91 Å². The number of amides is 1. The van der Waals surface area contributed by atoms with E-state index in [2.05, 4.69) is 10.3 Å². The van der Waals surface area contributed by atoms with E-state index in [1.165, 1.54) is 6.07 Å². The molecule has 0 spiro atoms. The Morgan fingerprint density at radius 3 is 2.55 bits per heavy atom. The zero-order valence-electron chi connectivity index (χ0n) is 12.0. The number of nitrogens with one attached hydrogen (secondary N) is 2. The number of H-pyrrole nitrogens is 1. The maximum atomic E-state index is 13.2. The van der Waals surface area contributed by atoms with Crippen molar-refractivity contribution in [3.05, 3.63) is 46.0 Å². The lowest BCUT2D eigenvalue weighted by atomic mass is 10.0. The minimum atomic E-state index is -1.16. The van der Waals surface area contributed by atoms with Crippen molar-refractivity contribution in [2.45, 2.75) is 19.9 Å². The monoisotopic (exact) mass is 306 g/mol. The second-order valence-electron chi connectivity index (χ2n) is 5.27. The quantitative estimate of drug-likeness (QED) is 0.797. The van der Waals surface area contributed by atoms with Crippen molar-refractivity contribution in [1.82, 2.24) is 10.3 Å². The van der Waals surface area contributed by atoms with Crippen LogP contribution in [0.4, 0.5) is 4.39 Å². The van der Waals surface area contributed by atoms with Gasteiger partial charge in [0.1, 0.15) is 11.9 Å². The van der Waals surface area contributed by atoms with Crippen molar-refractivity contribution >= 4 is 22.8 Å². The molecule has 0 bridgehead atoms. The largest absolute Gasteiger partial charge is 0.480 e. The maximum Gasteiger partial charge on any atom is 0.326 e. The Morgan fingerprint density at radius 2 is 1.95 bits per heavy atom. The molecule has 0 radical (unpaired) electrons. The molecule has 0 saturated carbocycles. The molecule has 0 unspecified atom stereocenters. The second-order valence-corrected chi connectivity index (χ2v) is 5.27. The Balaban J connectivity index is 2.48. The molecule has 0 fully saturated rings. The van der Waals surface area contributed by atoms with Crippen molar-refractivity contribution < 1.29 is 19.1 Å². The summed E-state index contributed by atoms with van der Waals surface area (Å²) in [5.74, 6) is -2.73. The highest BCUT2D eigenvalue weighted by Gasteiger charge is 2.25. The Hall–Kier alpha value is -2.70. The summed E-state index contributed by atoms with van der Waals surface area (Å²) in [6.45, 7) is 3.31. The van der Waals surface area contributed by atoms with E-state index in [1.807, 2.05) is 0 Å². The molecule has 1 aromatic heterocycles. The van der Waals surface area contributed by atoms with E-state index in [-0.39, 0.29) is 17.0 Å². The number of aromatic nitrogens is 1. The van der Waals surface area contributed by atoms with Crippen LogP contribution in [-0.4, -0.2) is 28.0 Å². The zero-order chi connectivity index (χ0) is 16.4. The van der Waals surface area contributed by atoms with Crippen LogP contribution >= 0.6 is 0 Å². The topological polar surface area (TPSA) is 99.3 Å². The fraction of sp³-hybridized carbons (Fsp3) is 0.267. The molecule has 1 amide bonds. The van der Waals surface area contributed by atoms with E-state index >= 15 is 0 Å². The van der Waals surface area contributed by atoms with Gasteiger partial charge in [-0.15, -0.1) is 0 Å². The lowest BCUT2D eigenvalue weighted by Gasteiger charge is -2.18. The molecule has 1 aromatic carbocycles. The number of halogens is 1. The van der Waals surface area contributed by atoms with Gasteiger partial charge in [-0.1, -0.05) is 13.8 Å². The maximum absolute atomic E-state index is 13.2. The minimum absolute atomic E-state index is 0.00523. The third-order valence-corrected chi connectivity index (χ3v) is 3.27. The first kappa shape index (κ1) is 15.7. The van der Waals surface area contributed by atoms with Crippen LogP contribution in [0.15, 0.2) is 29.1 Å². The summed E-state index contributed by atoms with van der Waals surface area (Å²) in [6.07, 6.45) is 0. The molecular formula is C15H15FN2O4. The summed E-state index contributed by atoms with van der Waals surface area (Å²) < 4.78 is 13.2. The molecule has 6 nitrogen and oxygen atoms in total. The van der Waals surface area contributed by atoms with Gasteiger partial charge in [0.15, 0.2) is 0 Å². The van der Waals surface area contributed by atoms with Crippen LogP contribution in [0.3, 0.4) is 0 Å². The van der Waals surface area contributed by atoms with Gasteiger partial charge in [0, 0.05) is 11.5 Å². The molecule has 1 heterocycles. The first-order valence-electron chi connectivity index (χ1n) is 6.66.